The number of carbonyl (C=O) groups is 1. The Bertz CT molecular complexity index is 1010. The van der Waals surface area contributed by atoms with Crippen LogP contribution in [0.15, 0.2) is 47.6 Å². The lowest BCUT2D eigenvalue weighted by atomic mass is 10.1. The lowest BCUT2D eigenvalue weighted by Crippen LogP contribution is -2.25. The van der Waals surface area contributed by atoms with E-state index >= 15 is 0 Å². The standard InChI is InChI=1S/C20H23N5O3S/c1-13-6-4-5-7-15(13)19-23-24-20(25(19)21)29-12-18(26)22-11-14-8-9-16(27-2)17(10-14)28-3/h4-10H,11-12,21H2,1-3H3,(H,22,26). The van der Waals surface area contributed by atoms with Crippen LogP contribution in [0.3, 0.4) is 0 Å². The number of hydrogen-bond donors (Lipinski definition) is 2. The Morgan fingerprint density at radius 3 is 2.62 bits per heavy atom. The minimum absolute atomic E-state index is 0.134. The molecule has 1 aromatic heterocycles. The number of nitrogens with one attached hydrogen (secondary N) is 1. The van der Waals surface area contributed by atoms with Crippen LogP contribution in [0, 0.1) is 6.92 Å². The fourth-order valence-electron chi connectivity index (χ4n) is 2.76. The number of nitrogens with zero attached hydrogens (tertiary/aromatic N) is 3. The third-order valence-corrected chi connectivity index (χ3v) is 5.26. The number of rotatable bonds is 8. The zero-order valence-electron chi connectivity index (χ0n) is 16.5. The number of carbonyl (C=O) groups excluding carboxylic acids is 1. The lowest BCUT2D eigenvalue weighted by molar-refractivity contribution is -0.118. The molecule has 0 spiro atoms. The van der Waals surface area contributed by atoms with Crippen molar-refractivity contribution in [2.45, 2.75) is 18.6 Å². The Balaban J connectivity index is 1.57. The molecule has 0 fully saturated rings. The van der Waals surface area contributed by atoms with Gasteiger partial charge in [0.25, 0.3) is 0 Å². The smallest absolute Gasteiger partial charge is 0.230 e. The molecule has 29 heavy (non-hydrogen) atoms. The third kappa shape index (κ3) is 4.80. The Hall–Kier alpha value is -3.20. The zero-order valence-corrected chi connectivity index (χ0v) is 17.3. The van der Waals surface area contributed by atoms with Crippen molar-refractivity contribution in [2.75, 3.05) is 25.8 Å². The Labute approximate surface area is 173 Å². The third-order valence-electron chi connectivity index (χ3n) is 4.32. The summed E-state index contributed by atoms with van der Waals surface area (Å²) in [4.78, 5) is 12.2. The van der Waals surface area contributed by atoms with E-state index in [0.717, 1.165) is 16.7 Å². The molecule has 0 aliphatic heterocycles. The van der Waals surface area contributed by atoms with Gasteiger partial charge < -0.3 is 20.6 Å². The van der Waals surface area contributed by atoms with Crippen LogP contribution in [-0.2, 0) is 11.3 Å². The van der Waals surface area contributed by atoms with E-state index in [1.54, 1.807) is 20.3 Å². The van der Waals surface area contributed by atoms with Crippen molar-refractivity contribution in [1.29, 1.82) is 0 Å². The van der Waals surface area contributed by atoms with Crippen molar-refractivity contribution in [3.63, 3.8) is 0 Å². The van der Waals surface area contributed by atoms with Gasteiger partial charge in [0.2, 0.25) is 11.1 Å². The van der Waals surface area contributed by atoms with Gasteiger partial charge in [0.1, 0.15) is 0 Å². The summed E-state index contributed by atoms with van der Waals surface area (Å²) in [5.41, 5.74) is 2.87. The molecular formula is C20H23N5O3S. The molecule has 0 unspecified atom stereocenters. The summed E-state index contributed by atoms with van der Waals surface area (Å²) in [6.07, 6.45) is 0. The summed E-state index contributed by atoms with van der Waals surface area (Å²) in [6, 6.07) is 13.3. The summed E-state index contributed by atoms with van der Waals surface area (Å²) in [7, 11) is 3.16. The Kier molecular flexibility index (Phi) is 6.61. The minimum Gasteiger partial charge on any atom is -0.493 e. The quantitative estimate of drug-likeness (QED) is 0.432. The molecular weight excluding hydrogens is 390 g/mol. The van der Waals surface area contributed by atoms with Crippen LogP contribution in [-0.4, -0.2) is 40.8 Å². The van der Waals surface area contributed by atoms with Crippen LogP contribution >= 0.6 is 11.8 Å². The molecule has 0 saturated heterocycles. The molecule has 8 nitrogen and oxygen atoms in total. The van der Waals surface area contributed by atoms with Crippen molar-refractivity contribution >= 4 is 17.7 Å². The summed E-state index contributed by atoms with van der Waals surface area (Å²) >= 11 is 1.23. The highest BCUT2D eigenvalue weighted by Crippen LogP contribution is 2.27. The number of hydrogen-bond acceptors (Lipinski definition) is 7. The van der Waals surface area contributed by atoms with Crippen LogP contribution in [0.25, 0.3) is 11.4 Å². The predicted octanol–water partition coefficient (Wildman–Crippen LogP) is 2.39. The molecule has 9 heteroatoms. The monoisotopic (exact) mass is 413 g/mol. The average Bonchev–Trinajstić information content (AvgIpc) is 3.11. The first-order valence-electron chi connectivity index (χ1n) is 8.90. The summed E-state index contributed by atoms with van der Waals surface area (Å²) in [6.45, 7) is 2.36. The lowest BCUT2D eigenvalue weighted by Gasteiger charge is -2.10. The number of nitrogens with two attached hydrogens (primary N) is 1. The second-order valence-electron chi connectivity index (χ2n) is 6.25. The zero-order chi connectivity index (χ0) is 20.8. The van der Waals surface area contributed by atoms with Crippen molar-refractivity contribution in [3.05, 3.63) is 53.6 Å². The van der Waals surface area contributed by atoms with Gasteiger partial charge in [-0.15, -0.1) is 10.2 Å². The van der Waals surface area contributed by atoms with Gasteiger partial charge in [-0.3, -0.25) is 4.79 Å². The summed E-state index contributed by atoms with van der Waals surface area (Å²) in [5, 5.41) is 11.6. The molecule has 0 saturated carbocycles. The molecule has 0 aliphatic carbocycles. The van der Waals surface area contributed by atoms with Crippen LogP contribution in [0.2, 0.25) is 0 Å². The topological polar surface area (TPSA) is 104 Å². The van der Waals surface area contributed by atoms with E-state index in [0.29, 0.717) is 29.0 Å². The van der Waals surface area contributed by atoms with Gasteiger partial charge in [0.15, 0.2) is 17.3 Å². The highest BCUT2D eigenvalue weighted by atomic mass is 32.2. The predicted molar refractivity (Wildman–Crippen MR) is 112 cm³/mol. The molecule has 1 heterocycles. The van der Waals surface area contributed by atoms with Crippen molar-refractivity contribution < 1.29 is 14.3 Å². The fourth-order valence-corrected chi connectivity index (χ4v) is 3.44. The summed E-state index contributed by atoms with van der Waals surface area (Å²) in [5.74, 6) is 8.00. The summed E-state index contributed by atoms with van der Waals surface area (Å²) < 4.78 is 11.9. The number of aromatic nitrogens is 3. The van der Waals surface area contributed by atoms with Crippen LogP contribution in [0.5, 0.6) is 11.5 Å². The Morgan fingerprint density at radius 2 is 1.90 bits per heavy atom. The average molecular weight is 414 g/mol. The second kappa shape index (κ2) is 9.33. The fraction of sp³-hybridized carbons (Fsp3) is 0.250. The molecule has 3 rings (SSSR count). The van der Waals surface area contributed by atoms with Gasteiger partial charge in [-0.2, -0.15) is 0 Å². The molecule has 1 amide bonds. The van der Waals surface area contributed by atoms with Gasteiger partial charge in [0, 0.05) is 12.1 Å². The maximum atomic E-state index is 12.2. The first-order chi connectivity index (χ1) is 14.0. The van der Waals surface area contributed by atoms with Gasteiger partial charge >= 0.3 is 0 Å². The van der Waals surface area contributed by atoms with Crippen LogP contribution in [0.4, 0.5) is 0 Å². The normalized spacial score (nSPS) is 10.6. The van der Waals surface area contributed by atoms with E-state index < -0.39 is 0 Å². The Morgan fingerprint density at radius 1 is 1.14 bits per heavy atom. The molecule has 2 aromatic carbocycles. The van der Waals surface area contributed by atoms with Crippen LogP contribution < -0.4 is 20.6 Å². The molecule has 0 atom stereocenters. The van der Waals surface area contributed by atoms with Crippen molar-refractivity contribution in [1.82, 2.24) is 20.2 Å². The minimum atomic E-state index is -0.134. The second-order valence-corrected chi connectivity index (χ2v) is 7.19. The van der Waals surface area contributed by atoms with Gasteiger partial charge in [0.05, 0.1) is 20.0 Å². The molecule has 0 bridgehead atoms. The SMILES string of the molecule is COc1ccc(CNC(=O)CSc2nnc(-c3ccccc3C)n2N)cc1OC. The molecule has 3 aromatic rings. The molecule has 3 N–H and O–H groups in total. The van der Waals surface area contributed by atoms with E-state index in [1.165, 1.54) is 16.4 Å². The first kappa shape index (κ1) is 20.5. The molecule has 0 radical (unpaired) electrons. The van der Waals surface area contributed by atoms with E-state index in [9.17, 15) is 4.79 Å². The van der Waals surface area contributed by atoms with E-state index in [2.05, 4.69) is 15.5 Å². The molecule has 0 aliphatic rings. The number of benzene rings is 2. The maximum absolute atomic E-state index is 12.2. The number of aryl methyl sites for hydroxylation is 1. The largest absolute Gasteiger partial charge is 0.493 e. The van der Waals surface area contributed by atoms with Crippen molar-refractivity contribution in [3.8, 4) is 22.9 Å². The van der Waals surface area contributed by atoms with Crippen molar-refractivity contribution in [2.24, 2.45) is 0 Å². The van der Waals surface area contributed by atoms with Gasteiger partial charge in [-0.25, -0.2) is 4.68 Å². The highest BCUT2D eigenvalue weighted by Gasteiger charge is 2.15. The number of ether oxygens (including phenoxy) is 2. The highest BCUT2D eigenvalue weighted by molar-refractivity contribution is 7.99. The number of amides is 1. The molecule has 152 valence electrons. The van der Waals surface area contributed by atoms with E-state index in [4.69, 9.17) is 15.3 Å². The number of nitrogen functional groups attached to an aromatic ring is 1. The van der Waals surface area contributed by atoms with E-state index in [1.807, 2.05) is 43.3 Å². The van der Waals surface area contributed by atoms with E-state index in [-0.39, 0.29) is 11.7 Å². The number of thioether (sulfide) groups is 1. The maximum Gasteiger partial charge on any atom is 0.230 e. The van der Waals surface area contributed by atoms with Crippen LogP contribution in [0.1, 0.15) is 11.1 Å². The van der Waals surface area contributed by atoms with Gasteiger partial charge in [-0.05, 0) is 30.2 Å². The van der Waals surface area contributed by atoms with Gasteiger partial charge in [-0.1, -0.05) is 42.1 Å². The first-order valence-corrected chi connectivity index (χ1v) is 9.89. The number of methoxy groups -OCH3 is 2.